The van der Waals surface area contributed by atoms with Crippen LogP contribution in [0.3, 0.4) is 0 Å². The van der Waals surface area contributed by atoms with Gasteiger partial charge in [-0.3, -0.25) is 0 Å². The largest absolute Gasteiger partial charge is 0.493 e. The summed E-state index contributed by atoms with van der Waals surface area (Å²) in [5.74, 6) is 0.249. The van der Waals surface area contributed by atoms with Crippen LogP contribution in [0.4, 0.5) is 4.39 Å². The highest BCUT2D eigenvalue weighted by atomic mass is 19.1. The van der Waals surface area contributed by atoms with E-state index < -0.39 is 0 Å². The van der Waals surface area contributed by atoms with Gasteiger partial charge in [0, 0.05) is 5.56 Å². The minimum absolute atomic E-state index is 0.191. The number of halogens is 1. The Hall–Kier alpha value is -1.09. The highest BCUT2D eigenvalue weighted by Gasteiger charge is 2.04. The number of aliphatic hydroxyl groups excluding tert-OH is 1. The van der Waals surface area contributed by atoms with Crippen LogP contribution in [-0.4, -0.2) is 11.7 Å². The molecule has 0 spiro atoms. The molecule has 18 heavy (non-hydrogen) atoms. The molecule has 0 unspecified atom stereocenters. The van der Waals surface area contributed by atoms with Gasteiger partial charge >= 0.3 is 0 Å². The van der Waals surface area contributed by atoms with E-state index in [2.05, 4.69) is 6.92 Å². The van der Waals surface area contributed by atoms with Crippen LogP contribution in [0.25, 0.3) is 0 Å². The molecule has 102 valence electrons. The molecule has 1 aromatic carbocycles. The van der Waals surface area contributed by atoms with Crippen molar-refractivity contribution in [1.29, 1.82) is 0 Å². The third-order valence-electron chi connectivity index (χ3n) is 2.95. The summed E-state index contributed by atoms with van der Waals surface area (Å²) in [6, 6.07) is 4.25. The van der Waals surface area contributed by atoms with Gasteiger partial charge in [-0.1, -0.05) is 39.0 Å². The Morgan fingerprint density at radius 2 is 1.83 bits per heavy atom. The first-order chi connectivity index (χ1) is 8.77. The minimum atomic E-state index is -0.342. The lowest BCUT2D eigenvalue weighted by Gasteiger charge is -2.10. The third-order valence-corrected chi connectivity index (χ3v) is 2.95. The fraction of sp³-hybridized carbons (Fsp3) is 0.600. The smallest absolute Gasteiger partial charge is 0.125 e. The van der Waals surface area contributed by atoms with Crippen LogP contribution in [0.15, 0.2) is 18.2 Å². The van der Waals surface area contributed by atoms with Crippen molar-refractivity contribution in [3.63, 3.8) is 0 Å². The zero-order valence-corrected chi connectivity index (χ0v) is 11.1. The number of ether oxygens (including phenoxy) is 1. The van der Waals surface area contributed by atoms with E-state index in [1.165, 1.54) is 37.8 Å². The van der Waals surface area contributed by atoms with Crippen molar-refractivity contribution in [1.82, 2.24) is 0 Å². The molecule has 1 aromatic rings. The number of hydrogen-bond acceptors (Lipinski definition) is 2. The number of benzene rings is 1. The maximum Gasteiger partial charge on any atom is 0.125 e. The molecule has 0 saturated heterocycles. The molecule has 1 rings (SSSR count). The molecule has 0 aliphatic carbocycles. The van der Waals surface area contributed by atoms with Gasteiger partial charge in [0.1, 0.15) is 11.6 Å². The van der Waals surface area contributed by atoms with Crippen LogP contribution in [0.2, 0.25) is 0 Å². The predicted octanol–water partition coefficient (Wildman–Crippen LogP) is 4.06. The van der Waals surface area contributed by atoms with Gasteiger partial charge in [0.15, 0.2) is 0 Å². The monoisotopic (exact) mass is 254 g/mol. The minimum Gasteiger partial charge on any atom is -0.493 e. The van der Waals surface area contributed by atoms with Gasteiger partial charge in [-0.05, 0) is 24.6 Å². The van der Waals surface area contributed by atoms with Crippen molar-refractivity contribution >= 4 is 0 Å². The molecule has 1 N–H and O–H groups in total. The summed E-state index contributed by atoms with van der Waals surface area (Å²) in [6.45, 7) is 2.64. The summed E-state index contributed by atoms with van der Waals surface area (Å²) in [4.78, 5) is 0. The van der Waals surface area contributed by atoms with Crippen LogP contribution in [0, 0.1) is 5.82 Å². The van der Waals surface area contributed by atoms with E-state index in [0.717, 1.165) is 12.8 Å². The highest BCUT2D eigenvalue weighted by Crippen LogP contribution is 2.20. The van der Waals surface area contributed by atoms with Crippen molar-refractivity contribution < 1.29 is 14.2 Å². The maximum absolute atomic E-state index is 12.9. The Labute approximate surface area is 109 Å². The molecular formula is C15H23FO2. The number of rotatable bonds is 9. The van der Waals surface area contributed by atoms with E-state index in [1.54, 1.807) is 6.07 Å². The summed E-state index contributed by atoms with van der Waals surface area (Å²) >= 11 is 0. The fourth-order valence-electron chi connectivity index (χ4n) is 1.88. The zero-order valence-electron chi connectivity index (χ0n) is 11.1. The van der Waals surface area contributed by atoms with Crippen molar-refractivity contribution in [2.75, 3.05) is 6.61 Å². The standard InChI is InChI=1S/C15H23FO2/c1-2-3-4-5-6-7-10-18-15-9-8-14(16)11-13(15)12-17/h8-9,11,17H,2-7,10,12H2,1H3. The molecule has 0 bridgehead atoms. The Bertz CT molecular complexity index is 339. The molecule has 0 amide bonds. The lowest BCUT2D eigenvalue weighted by molar-refractivity contribution is 0.259. The second kappa shape index (κ2) is 8.92. The fourth-order valence-corrected chi connectivity index (χ4v) is 1.88. The van der Waals surface area contributed by atoms with Crippen molar-refractivity contribution in [2.24, 2.45) is 0 Å². The normalized spacial score (nSPS) is 10.6. The maximum atomic E-state index is 12.9. The van der Waals surface area contributed by atoms with Crippen LogP contribution in [0.1, 0.15) is 51.0 Å². The highest BCUT2D eigenvalue weighted by molar-refractivity contribution is 5.33. The van der Waals surface area contributed by atoms with Crippen molar-refractivity contribution in [2.45, 2.75) is 52.1 Å². The van der Waals surface area contributed by atoms with E-state index in [-0.39, 0.29) is 12.4 Å². The van der Waals surface area contributed by atoms with Crippen LogP contribution >= 0.6 is 0 Å². The van der Waals surface area contributed by atoms with E-state index in [4.69, 9.17) is 9.84 Å². The van der Waals surface area contributed by atoms with Gasteiger partial charge in [-0.25, -0.2) is 4.39 Å². The average Bonchev–Trinajstić information content (AvgIpc) is 2.39. The lowest BCUT2D eigenvalue weighted by Crippen LogP contribution is -2.01. The summed E-state index contributed by atoms with van der Waals surface area (Å²) in [6.07, 6.45) is 7.25. The molecule has 0 heterocycles. The van der Waals surface area contributed by atoms with E-state index in [9.17, 15) is 4.39 Å². The van der Waals surface area contributed by atoms with E-state index in [0.29, 0.717) is 17.9 Å². The molecule has 3 heteroatoms. The topological polar surface area (TPSA) is 29.5 Å². The third kappa shape index (κ3) is 5.50. The van der Waals surface area contributed by atoms with Gasteiger partial charge in [-0.15, -0.1) is 0 Å². The first kappa shape index (κ1) is 15.0. The summed E-state index contributed by atoms with van der Waals surface area (Å²) in [7, 11) is 0. The first-order valence-electron chi connectivity index (χ1n) is 6.80. The number of hydrogen-bond donors (Lipinski definition) is 1. The van der Waals surface area contributed by atoms with Crippen LogP contribution in [0.5, 0.6) is 5.75 Å². The Morgan fingerprint density at radius 1 is 1.11 bits per heavy atom. The summed E-state index contributed by atoms with van der Waals surface area (Å²) in [5, 5.41) is 9.10. The van der Waals surface area contributed by atoms with E-state index >= 15 is 0 Å². The van der Waals surface area contributed by atoms with Gasteiger partial charge in [-0.2, -0.15) is 0 Å². The van der Waals surface area contributed by atoms with Crippen LogP contribution in [-0.2, 0) is 6.61 Å². The Balaban J connectivity index is 2.22. The molecule has 2 nitrogen and oxygen atoms in total. The Kier molecular flexibility index (Phi) is 7.42. The molecule has 0 radical (unpaired) electrons. The predicted molar refractivity (Wildman–Crippen MR) is 71.2 cm³/mol. The molecule has 0 aliphatic heterocycles. The molecule has 0 fully saturated rings. The SMILES string of the molecule is CCCCCCCCOc1ccc(F)cc1CO. The van der Waals surface area contributed by atoms with Crippen LogP contribution < -0.4 is 4.74 Å². The van der Waals surface area contributed by atoms with Gasteiger partial charge in [0.2, 0.25) is 0 Å². The summed E-state index contributed by atoms with van der Waals surface area (Å²) in [5.41, 5.74) is 0.515. The van der Waals surface area contributed by atoms with Gasteiger partial charge < -0.3 is 9.84 Å². The lowest BCUT2D eigenvalue weighted by atomic mass is 10.1. The van der Waals surface area contributed by atoms with Crippen molar-refractivity contribution in [3.05, 3.63) is 29.6 Å². The average molecular weight is 254 g/mol. The molecule has 0 aliphatic rings. The first-order valence-corrected chi connectivity index (χ1v) is 6.80. The Morgan fingerprint density at radius 3 is 2.56 bits per heavy atom. The quantitative estimate of drug-likeness (QED) is 0.673. The molecule has 0 atom stereocenters. The van der Waals surface area contributed by atoms with Gasteiger partial charge in [0.25, 0.3) is 0 Å². The number of unbranched alkanes of at least 4 members (excludes halogenated alkanes) is 5. The second-order valence-electron chi connectivity index (χ2n) is 4.53. The second-order valence-corrected chi connectivity index (χ2v) is 4.53. The zero-order chi connectivity index (χ0) is 13.2. The van der Waals surface area contributed by atoms with Crippen molar-refractivity contribution in [3.8, 4) is 5.75 Å². The van der Waals surface area contributed by atoms with E-state index in [1.807, 2.05) is 0 Å². The molecule has 0 aromatic heterocycles. The molecular weight excluding hydrogens is 231 g/mol. The van der Waals surface area contributed by atoms with Gasteiger partial charge in [0.05, 0.1) is 13.2 Å². The summed E-state index contributed by atoms with van der Waals surface area (Å²) < 4.78 is 18.5. The molecule has 0 saturated carbocycles. The number of aliphatic hydroxyl groups is 1.